The highest BCUT2D eigenvalue weighted by molar-refractivity contribution is 6.05. The average molecular weight is 352 g/mol. The Balaban J connectivity index is 1.77. The molecule has 1 heterocycles. The van der Waals surface area contributed by atoms with Crippen LogP contribution in [0, 0.1) is 0 Å². The van der Waals surface area contributed by atoms with Gasteiger partial charge in [0.2, 0.25) is 5.75 Å². The number of ether oxygens (including phenoxy) is 3. The molecular formula is C20H20N2O4. The van der Waals surface area contributed by atoms with Gasteiger partial charge in [0.25, 0.3) is 0 Å². The molecule has 0 unspecified atom stereocenters. The highest BCUT2D eigenvalue weighted by Gasteiger charge is 2.15. The molecule has 0 aliphatic rings. The number of benzene rings is 2. The van der Waals surface area contributed by atoms with Crippen molar-refractivity contribution in [2.45, 2.75) is 0 Å². The van der Waals surface area contributed by atoms with Crippen molar-refractivity contribution in [3.8, 4) is 17.2 Å². The first kappa shape index (κ1) is 17.4. The van der Waals surface area contributed by atoms with Gasteiger partial charge < -0.3 is 24.5 Å². The first-order valence-corrected chi connectivity index (χ1v) is 8.01. The number of ketones is 1. The molecule has 0 bridgehead atoms. The van der Waals surface area contributed by atoms with Crippen LogP contribution < -0.4 is 19.5 Å². The normalized spacial score (nSPS) is 10.9. The summed E-state index contributed by atoms with van der Waals surface area (Å²) in [5.74, 6) is 1.15. The minimum atomic E-state index is -0.181. The van der Waals surface area contributed by atoms with Crippen LogP contribution >= 0.6 is 0 Å². The third kappa shape index (κ3) is 3.49. The maximum atomic E-state index is 12.5. The highest BCUT2D eigenvalue weighted by atomic mass is 16.5. The van der Waals surface area contributed by atoms with E-state index in [4.69, 9.17) is 14.2 Å². The summed E-state index contributed by atoms with van der Waals surface area (Å²) in [7, 11) is 4.55. The van der Waals surface area contributed by atoms with Crippen LogP contribution in [0.25, 0.3) is 10.9 Å². The van der Waals surface area contributed by atoms with Crippen molar-refractivity contribution < 1.29 is 19.0 Å². The first-order chi connectivity index (χ1) is 12.7. The van der Waals surface area contributed by atoms with Crippen molar-refractivity contribution in [2.75, 3.05) is 26.6 Å². The molecule has 2 aromatic carbocycles. The predicted octanol–water partition coefficient (Wildman–Crippen LogP) is 4.00. The number of rotatable bonds is 7. The molecule has 0 saturated heterocycles. The largest absolute Gasteiger partial charge is 0.493 e. The molecule has 6 nitrogen and oxygen atoms in total. The molecule has 0 fully saturated rings. The zero-order valence-corrected chi connectivity index (χ0v) is 14.8. The van der Waals surface area contributed by atoms with Gasteiger partial charge in [0, 0.05) is 40.6 Å². The number of aromatic nitrogens is 1. The van der Waals surface area contributed by atoms with Crippen LogP contribution in [0.3, 0.4) is 0 Å². The van der Waals surface area contributed by atoms with Crippen molar-refractivity contribution in [2.24, 2.45) is 0 Å². The molecule has 3 rings (SSSR count). The lowest BCUT2D eigenvalue weighted by molar-refractivity contribution is 0.104. The van der Waals surface area contributed by atoms with Gasteiger partial charge in [0.1, 0.15) is 0 Å². The molecule has 0 amide bonds. The van der Waals surface area contributed by atoms with Crippen molar-refractivity contribution in [3.63, 3.8) is 0 Å². The number of nitrogens with one attached hydrogen (secondary N) is 2. The topological polar surface area (TPSA) is 72.6 Å². The van der Waals surface area contributed by atoms with Crippen LogP contribution in [-0.2, 0) is 0 Å². The maximum absolute atomic E-state index is 12.5. The SMILES string of the molecule is COc1cc(C(=O)/C=C\Nc2ccc3[nH]ccc3c2)cc(OC)c1OC. The van der Waals surface area contributed by atoms with Crippen LogP contribution in [0.5, 0.6) is 17.2 Å². The molecule has 26 heavy (non-hydrogen) atoms. The summed E-state index contributed by atoms with van der Waals surface area (Å²) < 4.78 is 15.8. The third-order valence-electron chi connectivity index (χ3n) is 3.99. The zero-order chi connectivity index (χ0) is 18.5. The lowest BCUT2D eigenvalue weighted by atomic mass is 10.1. The van der Waals surface area contributed by atoms with Crippen molar-refractivity contribution in [1.29, 1.82) is 0 Å². The van der Waals surface area contributed by atoms with Gasteiger partial charge in [-0.05, 0) is 36.4 Å². The Morgan fingerprint density at radius 3 is 2.38 bits per heavy atom. The number of carbonyl (C=O) groups excluding carboxylic acids is 1. The van der Waals surface area contributed by atoms with E-state index in [2.05, 4.69) is 10.3 Å². The molecule has 0 spiro atoms. The van der Waals surface area contributed by atoms with Crippen LogP contribution in [0.2, 0.25) is 0 Å². The summed E-state index contributed by atoms with van der Waals surface area (Å²) in [6.07, 6.45) is 4.96. The second kappa shape index (κ2) is 7.65. The van der Waals surface area contributed by atoms with E-state index in [0.717, 1.165) is 16.6 Å². The summed E-state index contributed by atoms with van der Waals surface area (Å²) in [6, 6.07) is 11.2. The number of anilines is 1. The Kier molecular flexibility index (Phi) is 5.12. The first-order valence-electron chi connectivity index (χ1n) is 8.01. The van der Waals surface area contributed by atoms with Gasteiger partial charge >= 0.3 is 0 Å². The number of allylic oxidation sites excluding steroid dienone is 1. The van der Waals surface area contributed by atoms with E-state index in [1.807, 2.05) is 30.5 Å². The number of methoxy groups -OCH3 is 3. The summed E-state index contributed by atoms with van der Waals surface area (Å²) in [5.41, 5.74) is 2.40. The van der Waals surface area contributed by atoms with E-state index in [1.165, 1.54) is 27.4 Å². The second-order valence-corrected chi connectivity index (χ2v) is 5.54. The van der Waals surface area contributed by atoms with E-state index in [0.29, 0.717) is 22.8 Å². The summed E-state index contributed by atoms with van der Waals surface area (Å²) in [6.45, 7) is 0. The van der Waals surface area contributed by atoms with Crippen molar-refractivity contribution >= 4 is 22.4 Å². The standard InChI is InChI=1S/C20H20N2O4/c1-24-18-11-14(12-19(25-2)20(18)26-3)17(23)7-9-21-15-4-5-16-13(10-15)6-8-22-16/h4-12,21-22H,1-3H3/b9-7-. The fraction of sp³-hybridized carbons (Fsp3) is 0.150. The minimum absolute atomic E-state index is 0.181. The minimum Gasteiger partial charge on any atom is -0.493 e. The van der Waals surface area contributed by atoms with Crippen LogP contribution in [0.15, 0.2) is 54.9 Å². The summed E-state index contributed by atoms with van der Waals surface area (Å²) in [4.78, 5) is 15.6. The monoisotopic (exact) mass is 352 g/mol. The van der Waals surface area contributed by atoms with E-state index < -0.39 is 0 Å². The molecular weight excluding hydrogens is 332 g/mol. The van der Waals surface area contributed by atoms with Gasteiger partial charge in [-0.25, -0.2) is 0 Å². The van der Waals surface area contributed by atoms with Gasteiger partial charge in [-0.15, -0.1) is 0 Å². The Morgan fingerprint density at radius 1 is 1.00 bits per heavy atom. The van der Waals surface area contributed by atoms with E-state index in [9.17, 15) is 4.79 Å². The van der Waals surface area contributed by atoms with Crippen molar-refractivity contribution in [1.82, 2.24) is 4.98 Å². The number of hydrogen-bond donors (Lipinski definition) is 2. The molecule has 0 saturated carbocycles. The van der Waals surface area contributed by atoms with Gasteiger partial charge in [-0.1, -0.05) is 0 Å². The molecule has 6 heteroatoms. The molecule has 134 valence electrons. The molecule has 3 aromatic rings. The van der Waals surface area contributed by atoms with Crippen LogP contribution in [0.4, 0.5) is 5.69 Å². The lowest BCUT2D eigenvalue weighted by Gasteiger charge is -2.13. The highest BCUT2D eigenvalue weighted by Crippen LogP contribution is 2.38. The maximum Gasteiger partial charge on any atom is 0.203 e. The Bertz CT molecular complexity index is 934. The number of aromatic amines is 1. The Hall–Kier alpha value is -3.41. The van der Waals surface area contributed by atoms with E-state index in [1.54, 1.807) is 18.3 Å². The van der Waals surface area contributed by atoms with Gasteiger partial charge in [-0.2, -0.15) is 0 Å². The van der Waals surface area contributed by atoms with Gasteiger partial charge in [0.05, 0.1) is 21.3 Å². The second-order valence-electron chi connectivity index (χ2n) is 5.54. The van der Waals surface area contributed by atoms with Crippen LogP contribution in [0.1, 0.15) is 10.4 Å². The molecule has 1 aromatic heterocycles. The number of fused-ring (bicyclic) bond motifs is 1. The molecule has 2 N–H and O–H groups in total. The molecule has 0 radical (unpaired) electrons. The fourth-order valence-electron chi connectivity index (χ4n) is 2.68. The van der Waals surface area contributed by atoms with E-state index >= 15 is 0 Å². The average Bonchev–Trinajstić information content (AvgIpc) is 3.14. The van der Waals surface area contributed by atoms with Gasteiger partial charge in [-0.3, -0.25) is 4.79 Å². The fourth-order valence-corrected chi connectivity index (χ4v) is 2.68. The molecule has 0 atom stereocenters. The number of H-pyrrole nitrogens is 1. The smallest absolute Gasteiger partial charge is 0.203 e. The Morgan fingerprint density at radius 2 is 1.73 bits per heavy atom. The number of hydrogen-bond acceptors (Lipinski definition) is 5. The van der Waals surface area contributed by atoms with Crippen molar-refractivity contribution in [3.05, 3.63) is 60.4 Å². The van der Waals surface area contributed by atoms with E-state index in [-0.39, 0.29) is 5.78 Å². The molecule has 0 aliphatic carbocycles. The zero-order valence-electron chi connectivity index (χ0n) is 14.8. The quantitative estimate of drug-likeness (QED) is 0.497. The molecule has 0 aliphatic heterocycles. The van der Waals surface area contributed by atoms with Crippen LogP contribution in [-0.4, -0.2) is 32.1 Å². The summed E-state index contributed by atoms with van der Waals surface area (Å²) >= 11 is 0. The Labute approximate surface area is 151 Å². The third-order valence-corrected chi connectivity index (χ3v) is 3.99. The predicted molar refractivity (Wildman–Crippen MR) is 101 cm³/mol. The van der Waals surface area contributed by atoms with Gasteiger partial charge in [0.15, 0.2) is 17.3 Å². The summed E-state index contributed by atoms with van der Waals surface area (Å²) in [5, 5.41) is 4.20. The number of carbonyl (C=O) groups is 1. The lowest BCUT2D eigenvalue weighted by Crippen LogP contribution is -2.01.